The maximum absolute atomic E-state index is 13.4. The van der Waals surface area contributed by atoms with Gasteiger partial charge in [0.1, 0.15) is 11.3 Å². The molecule has 28 heavy (non-hydrogen) atoms. The molecule has 146 valence electrons. The lowest BCUT2D eigenvalue weighted by atomic mass is 10.1. The van der Waals surface area contributed by atoms with Gasteiger partial charge in [-0.05, 0) is 36.2 Å². The molecule has 0 fully saturated rings. The first kappa shape index (κ1) is 19.7. The number of aryl methyl sites for hydroxylation is 1. The van der Waals surface area contributed by atoms with Crippen LogP contribution in [0.15, 0.2) is 60.8 Å². The summed E-state index contributed by atoms with van der Waals surface area (Å²) in [7, 11) is 1.70. The molecule has 0 aliphatic rings. The number of benzene rings is 2. The van der Waals surface area contributed by atoms with Gasteiger partial charge >= 0.3 is 6.18 Å². The van der Waals surface area contributed by atoms with Crippen LogP contribution in [0.25, 0.3) is 0 Å². The average molecular weight is 387 g/mol. The van der Waals surface area contributed by atoms with E-state index in [0.29, 0.717) is 0 Å². The van der Waals surface area contributed by atoms with Gasteiger partial charge < -0.3 is 9.64 Å². The molecule has 1 heterocycles. The molecule has 1 aromatic heterocycles. The molecule has 0 unspecified atom stereocenters. The second-order valence-corrected chi connectivity index (χ2v) is 6.28. The van der Waals surface area contributed by atoms with Crippen molar-refractivity contribution in [3.05, 3.63) is 71.9 Å². The molecule has 0 bridgehead atoms. The topological polar surface area (TPSA) is 38.2 Å². The number of hydrogen-bond donors (Lipinski definition) is 0. The van der Waals surface area contributed by atoms with Gasteiger partial charge in [0.15, 0.2) is 0 Å². The van der Waals surface area contributed by atoms with Crippen LogP contribution in [0.2, 0.25) is 0 Å². The summed E-state index contributed by atoms with van der Waals surface area (Å²) in [5.74, 6) is -0.149. The van der Waals surface area contributed by atoms with E-state index in [9.17, 15) is 13.2 Å². The predicted octanol–water partition coefficient (Wildman–Crippen LogP) is 6.01. The smallest absolute Gasteiger partial charge is 0.423 e. The summed E-state index contributed by atoms with van der Waals surface area (Å²) in [6.07, 6.45) is -1.86. The molecule has 3 rings (SSSR count). The van der Waals surface area contributed by atoms with E-state index in [1.54, 1.807) is 42.3 Å². The Labute approximate surface area is 161 Å². The summed E-state index contributed by atoms with van der Waals surface area (Å²) in [6.45, 7) is 2.10. The van der Waals surface area contributed by atoms with Gasteiger partial charge in [0.05, 0.1) is 0 Å². The number of para-hydroxylation sites is 1. The van der Waals surface area contributed by atoms with Gasteiger partial charge in [-0.2, -0.15) is 18.2 Å². The zero-order chi connectivity index (χ0) is 20.1. The van der Waals surface area contributed by atoms with Gasteiger partial charge in [-0.25, -0.2) is 4.98 Å². The summed E-state index contributed by atoms with van der Waals surface area (Å²) in [5.41, 5.74) is 0.943. The van der Waals surface area contributed by atoms with Crippen molar-refractivity contribution >= 4 is 11.6 Å². The number of aromatic nitrogens is 2. The number of rotatable bonds is 6. The number of nitrogens with zero attached hydrogens (tertiary/aromatic N) is 3. The molecule has 0 saturated heterocycles. The Morgan fingerprint density at radius 2 is 1.68 bits per heavy atom. The molecule has 0 aliphatic heterocycles. The van der Waals surface area contributed by atoms with Crippen molar-refractivity contribution in [2.45, 2.75) is 25.9 Å². The van der Waals surface area contributed by atoms with Crippen LogP contribution in [0, 0.1) is 0 Å². The number of anilines is 2. The molecule has 0 radical (unpaired) electrons. The minimum Gasteiger partial charge on any atom is -0.438 e. The predicted molar refractivity (Wildman–Crippen MR) is 102 cm³/mol. The monoisotopic (exact) mass is 387 g/mol. The van der Waals surface area contributed by atoms with E-state index in [0.717, 1.165) is 24.7 Å². The van der Waals surface area contributed by atoms with Gasteiger partial charge in [0, 0.05) is 18.9 Å². The minimum absolute atomic E-state index is 0.113. The molecule has 3 aromatic rings. The molecule has 0 aliphatic carbocycles. The molecule has 0 saturated carbocycles. The summed E-state index contributed by atoms with van der Waals surface area (Å²) >= 11 is 0. The van der Waals surface area contributed by atoms with E-state index in [-0.39, 0.29) is 11.7 Å². The van der Waals surface area contributed by atoms with Crippen molar-refractivity contribution in [3.8, 4) is 11.6 Å². The number of alkyl halides is 3. The summed E-state index contributed by atoms with van der Waals surface area (Å²) in [6, 6.07) is 16.0. The van der Waals surface area contributed by atoms with Crippen LogP contribution in [-0.2, 0) is 12.6 Å². The van der Waals surface area contributed by atoms with E-state index < -0.39 is 17.6 Å². The molecule has 4 nitrogen and oxygen atoms in total. The normalized spacial score (nSPS) is 11.3. The zero-order valence-corrected chi connectivity index (χ0v) is 15.6. The Balaban J connectivity index is 1.94. The molecule has 2 aromatic carbocycles. The third-order valence-corrected chi connectivity index (χ3v) is 4.17. The molecule has 0 amide bonds. The van der Waals surface area contributed by atoms with Crippen molar-refractivity contribution in [3.63, 3.8) is 0 Å². The molecule has 0 spiro atoms. The highest BCUT2D eigenvalue weighted by molar-refractivity contribution is 5.57. The van der Waals surface area contributed by atoms with Crippen LogP contribution in [0.4, 0.5) is 24.8 Å². The third kappa shape index (κ3) is 4.60. The number of ether oxygens (including phenoxy) is 1. The second kappa shape index (κ2) is 8.29. The Bertz CT molecular complexity index is 912. The molecule has 0 atom stereocenters. The van der Waals surface area contributed by atoms with E-state index >= 15 is 0 Å². The van der Waals surface area contributed by atoms with E-state index in [2.05, 4.69) is 16.9 Å². The van der Waals surface area contributed by atoms with Gasteiger partial charge in [0.25, 0.3) is 0 Å². The van der Waals surface area contributed by atoms with Crippen LogP contribution in [0.3, 0.4) is 0 Å². The van der Waals surface area contributed by atoms with Crippen LogP contribution in [0.5, 0.6) is 11.6 Å². The number of hydrogen-bond acceptors (Lipinski definition) is 4. The summed E-state index contributed by atoms with van der Waals surface area (Å²) in [5, 5.41) is 0. The lowest BCUT2D eigenvalue weighted by Gasteiger charge is -2.20. The summed E-state index contributed by atoms with van der Waals surface area (Å²) < 4.78 is 45.5. The summed E-state index contributed by atoms with van der Waals surface area (Å²) in [4.78, 5) is 9.56. The van der Waals surface area contributed by atoms with Crippen molar-refractivity contribution < 1.29 is 17.9 Å². The molecular formula is C21H20F3N3O. The Morgan fingerprint density at radius 1 is 1.00 bits per heavy atom. The van der Waals surface area contributed by atoms with Crippen molar-refractivity contribution in [2.75, 3.05) is 11.9 Å². The van der Waals surface area contributed by atoms with E-state index in [1.807, 2.05) is 24.3 Å². The maximum atomic E-state index is 13.4. The van der Waals surface area contributed by atoms with Crippen molar-refractivity contribution in [1.29, 1.82) is 0 Å². The van der Waals surface area contributed by atoms with Gasteiger partial charge in [0.2, 0.25) is 11.8 Å². The maximum Gasteiger partial charge on any atom is 0.423 e. The molecule has 0 N–H and O–H groups in total. The Hall–Kier alpha value is -3.09. The standard InChI is InChI=1S/C21H20F3N3O/c1-3-7-15-10-12-16(13-11-15)27(2)20-25-14-18(21(22,23)24)19(26-20)28-17-8-5-4-6-9-17/h4-6,8-14H,3,7H2,1-2H3. The highest BCUT2D eigenvalue weighted by Crippen LogP contribution is 2.37. The SMILES string of the molecule is CCCc1ccc(N(C)c2ncc(C(F)(F)F)c(Oc3ccccc3)n2)cc1. The van der Waals surface area contributed by atoms with Gasteiger partial charge in [-0.15, -0.1) is 0 Å². The largest absolute Gasteiger partial charge is 0.438 e. The van der Waals surface area contributed by atoms with Crippen LogP contribution in [-0.4, -0.2) is 17.0 Å². The van der Waals surface area contributed by atoms with E-state index in [4.69, 9.17) is 4.74 Å². The van der Waals surface area contributed by atoms with Gasteiger partial charge in [-0.3, -0.25) is 0 Å². The molecular weight excluding hydrogens is 367 g/mol. The second-order valence-electron chi connectivity index (χ2n) is 6.28. The third-order valence-electron chi connectivity index (χ3n) is 4.17. The van der Waals surface area contributed by atoms with E-state index in [1.165, 1.54) is 5.56 Å². The van der Waals surface area contributed by atoms with Crippen molar-refractivity contribution in [1.82, 2.24) is 9.97 Å². The highest BCUT2D eigenvalue weighted by atomic mass is 19.4. The fourth-order valence-electron chi connectivity index (χ4n) is 2.68. The lowest BCUT2D eigenvalue weighted by Crippen LogP contribution is -2.16. The Morgan fingerprint density at radius 3 is 2.29 bits per heavy atom. The fraction of sp³-hybridized carbons (Fsp3) is 0.238. The van der Waals surface area contributed by atoms with Crippen LogP contribution < -0.4 is 9.64 Å². The fourth-order valence-corrected chi connectivity index (χ4v) is 2.68. The molecule has 7 heteroatoms. The lowest BCUT2D eigenvalue weighted by molar-refractivity contribution is -0.139. The zero-order valence-electron chi connectivity index (χ0n) is 15.6. The first-order chi connectivity index (χ1) is 13.4. The van der Waals surface area contributed by atoms with Crippen LogP contribution >= 0.6 is 0 Å². The average Bonchev–Trinajstić information content (AvgIpc) is 2.68. The number of halogens is 3. The minimum atomic E-state index is -4.62. The van der Waals surface area contributed by atoms with Gasteiger partial charge in [-0.1, -0.05) is 43.7 Å². The van der Waals surface area contributed by atoms with Crippen LogP contribution in [0.1, 0.15) is 24.5 Å². The highest BCUT2D eigenvalue weighted by Gasteiger charge is 2.36. The first-order valence-electron chi connectivity index (χ1n) is 8.88. The van der Waals surface area contributed by atoms with Crippen molar-refractivity contribution in [2.24, 2.45) is 0 Å². The quantitative estimate of drug-likeness (QED) is 0.519. The first-order valence-corrected chi connectivity index (χ1v) is 8.88. The Kier molecular flexibility index (Phi) is 5.82.